The van der Waals surface area contributed by atoms with Crippen LogP contribution >= 0.6 is 0 Å². The van der Waals surface area contributed by atoms with Gasteiger partial charge in [0.15, 0.2) is 0 Å². The number of aliphatic hydroxyl groups excluding tert-OH is 1. The molecule has 0 aromatic heterocycles. The van der Waals surface area contributed by atoms with Crippen LogP contribution in [0.3, 0.4) is 0 Å². The molecule has 0 fully saturated rings. The molecule has 0 saturated heterocycles. The van der Waals surface area contributed by atoms with Gasteiger partial charge >= 0.3 is 5.76 Å². The molecule has 1 atom stereocenters. The number of anilines is 1. The van der Waals surface area contributed by atoms with E-state index in [1.54, 1.807) is 6.07 Å². The van der Waals surface area contributed by atoms with E-state index in [1.165, 1.54) is 12.1 Å². The van der Waals surface area contributed by atoms with E-state index in [-0.39, 0.29) is 18.3 Å². The van der Waals surface area contributed by atoms with E-state index in [0.29, 0.717) is 12.8 Å². The SMILES string of the molecule is CCC(CCO)Nc1ccccc1S(=O)(=O)C(F)F. The van der Waals surface area contributed by atoms with Crippen molar-refractivity contribution in [1.82, 2.24) is 0 Å². The van der Waals surface area contributed by atoms with Crippen molar-refractivity contribution in [3.63, 3.8) is 0 Å². The third-order valence-electron chi connectivity index (χ3n) is 2.76. The summed E-state index contributed by atoms with van der Waals surface area (Å²) in [6.45, 7) is 1.80. The van der Waals surface area contributed by atoms with E-state index in [4.69, 9.17) is 5.11 Å². The van der Waals surface area contributed by atoms with Crippen LogP contribution in [0, 0.1) is 0 Å². The highest BCUT2D eigenvalue weighted by molar-refractivity contribution is 7.91. The number of sulfone groups is 1. The van der Waals surface area contributed by atoms with Gasteiger partial charge in [0.05, 0.1) is 10.6 Å². The van der Waals surface area contributed by atoms with E-state index in [9.17, 15) is 17.2 Å². The minimum atomic E-state index is -4.63. The molecule has 0 spiro atoms. The number of nitrogens with one attached hydrogen (secondary N) is 1. The Labute approximate surface area is 111 Å². The van der Waals surface area contributed by atoms with Crippen LogP contribution in [0.5, 0.6) is 0 Å². The van der Waals surface area contributed by atoms with Crippen molar-refractivity contribution in [2.75, 3.05) is 11.9 Å². The molecule has 0 aliphatic carbocycles. The first kappa shape index (κ1) is 15.8. The molecule has 1 unspecified atom stereocenters. The lowest BCUT2D eigenvalue weighted by Crippen LogP contribution is -2.22. The smallest absolute Gasteiger partial charge is 0.341 e. The zero-order valence-corrected chi connectivity index (χ0v) is 11.3. The number of aliphatic hydroxyl groups is 1. The van der Waals surface area contributed by atoms with Crippen molar-refractivity contribution in [2.45, 2.75) is 36.5 Å². The van der Waals surface area contributed by atoms with Crippen molar-refractivity contribution in [1.29, 1.82) is 0 Å². The van der Waals surface area contributed by atoms with Gasteiger partial charge in [0.1, 0.15) is 0 Å². The van der Waals surface area contributed by atoms with Gasteiger partial charge in [0.2, 0.25) is 9.84 Å². The van der Waals surface area contributed by atoms with Gasteiger partial charge in [-0.15, -0.1) is 0 Å². The van der Waals surface area contributed by atoms with Gasteiger partial charge in [-0.3, -0.25) is 0 Å². The van der Waals surface area contributed by atoms with Crippen LogP contribution in [0.2, 0.25) is 0 Å². The topological polar surface area (TPSA) is 66.4 Å². The average Bonchev–Trinajstić information content (AvgIpc) is 2.38. The lowest BCUT2D eigenvalue weighted by atomic mass is 10.1. The Morgan fingerprint density at radius 3 is 2.47 bits per heavy atom. The van der Waals surface area contributed by atoms with E-state index in [1.807, 2.05) is 6.92 Å². The van der Waals surface area contributed by atoms with Crippen molar-refractivity contribution < 1.29 is 22.3 Å². The molecule has 0 heterocycles. The Hall–Kier alpha value is -1.21. The third-order valence-corrected chi connectivity index (χ3v) is 4.20. The van der Waals surface area contributed by atoms with Crippen molar-refractivity contribution >= 4 is 15.5 Å². The van der Waals surface area contributed by atoms with Crippen molar-refractivity contribution in [3.05, 3.63) is 24.3 Å². The Balaban J connectivity index is 3.09. The Kier molecular flexibility index (Phi) is 5.68. The van der Waals surface area contributed by atoms with Gasteiger partial charge < -0.3 is 10.4 Å². The minimum absolute atomic E-state index is 0.0602. The Bertz CT molecular complexity index is 505. The van der Waals surface area contributed by atoms with E-state index >= 15 is 0 Å². The molecule has 1 aromatic rings. The quantitative estimate of drug-likeness (QED) is 0.809. The fraction of sp³-hybridized carbons (Fsp3) is 0.500. The van der Waals surface area contributed by atoms with Crippen LogP contribution in [0.15, 0.2) is 29.2 Å². The molecule has 0 aliphatic rings. The van der Waals surface area contributed by atoms with Gasteiger partial charge in [0, 0.05) is 12.6 Å². The van der Waals surface area contributed by atoms with Crippen molar-refractivity contribution in [2.24, 2.45) is 0 Å². The first-order valence-corrected chi connectivity index (χ1v) is 7.46. The fourth-order valence-electron chi connectivity index (χ4n) is 1.68. The summed E-state index contributed by atoms with van der Waals surface area (Å²) in [5.74, 6) is -3.45. The summed E-state index contributed by atoms with van der Waals surface area (Å²) in [4.78, 5) is -0.415. The summed E-state index contributed by atoms with van der Waals surface area (Å²) in [6.07, 6.45) is 1.06. The molecule has 108 valence electrons. The largest absolute Gasteiger partial charge is 0.396 e. The normalized spacial score (nSPS) is 13.5. The van der Waals surface area contributed by atoms with Crippen LogP contribution in [-0.4, -0.2) is 31.9 Å². The van der Waals surface area contributed by atoms with E-state index < -0.39 is 20.5 Å². The first-order valence-electron chi connectivity index (χ1n) is 5.92. The molecule has 0 bridgehead atoms. The molecule has 4 nitrogen and oxygen atoms in total. The summed E-state index contributed by atoms with van der Waals surface area (Å²) in [6, 6.07) is 5.38. The number of para-hydroxylation sites is 1. The lowest BCUT2D eigenvalue weighted by Gasteiger charge is -2.19. The van der Waals surface area contributed by atoms with Gasteiger partial charge in [-0.25, -0.2) is 8.42 Å². The van der Waals surface area contributed by atoms with Crippen molar-refractivity contribution in [3.8, 4) is 0 Å². The van der Waals surface area contributed by atoms with Crippen LogP contribution in [-0.2, 0) is 9.84 Å². The molecular formula is C12H17F2NO3S. The fourth-order valence-corrected chi connectivity index (χ4v) is 2.58. The summed E-state index contributed by atoms with van der Waals surface area (Å²) in [7, 11) is -4.63. The number of benzene rings is 1. The standard InChI is InChI=1S/C12H17F2NO3S/c1-2-9(7-8-16)15-10-5-3-4-6-11(10)19(17,18)12(13)14/h3-6,9,12,15-16H,2,7-8H2,1H3. The highest BCUT2D eigenvalue weighted by Crippen LogP contribution is 2.27. The monoisotopic (exact) mass is 293 g/mol. The Morgan fingerprint density at radius 1 is 1.32 bits per heavy atom. The molecule has 0 radical (unpaired) electrons. The lowest BCUT2D eigenvalue weighted by molar-refractivity contribution is 0.235. The van der Waals surface area contributed by atoms with Crippen LogP contribution in [0.25, 0.3) is 0 Å². The van der Waals surface area contributed by atoms with E-state index in [2.05, 4.69) is 5.32 Å². The minimum Gasteiger partial charge on any atom is -0.396 e. The second-order valence-corrected chi connectivity index (χ2v) is 5.95. The molecule has 7 heteroatoms. The highest BCUT2D eigenvalue weighted by atomic mass is 32.2. The maximum atomic E-state index is 12.6. The summed E-state index contributed by atoms with van der Waals surface area (Å²) in [5, 5.41) is 11.8. The molecule has 2 N–H and O–H groups in total. The third kappa shape index (κ3) is 3.87. The van der Waals surface area contributed by atoms with E-state index in [0.717, 1.165) is 6.07 Å². The van der Waals surface area contributed by atoms with Crippen LogP contribution < -0.4 is 5.32 Å². The number of halogens is 2. The molecule has 0 saturated carbocycles. The van der Waals surface area contributed by atoms with Crippen LogP contribution in [0.4, 0.5) is 14.5 Å². The van der Waals surface area contributed by atoms with Gasteiger partial charge in [-0.1, -0.05) is 19.1 Å². The van der Waals surface area contributed by atoms with Gasteiger partial charge in [-0.2, -0.15) is 8.78 Å². The summed E-state index contributed by atoms with van der Waals surface area (Å²) in [5.41, 5.74) is 0.142. The van der Waals surface area contributed by atoms with Gasteiger partial charge in [0.25, 0.3) is 0 Å². The second kappa shape index (κ2) is 6.81. The predicted molar refractivity (Wildman–Crippen MR) is 69.0 cm³/mol. The highest BCUT2D eigenvalue weighted by Gasteiger charge is 2.29. The molecule has 19 heavy (non-hydrogen) atoms. The Morgan fingerprint density at radius 2 is 1.95 bits per heavy atom. The number of hydrogen-bond donors (Lipinski definition) is 2. The van der Waals surface area contributed by atoms with Crippen LogP contribution in [0.1, 0.15) is 19.8 Å². The molecule has 0 amide bonds. The molecular weight excluding hydrogens is 276 g/mol. The molecule has 1 rings (SSSR count). The number of alkyl halides is 2. The number of rotatable bonds is 7. The molecule has 0 aliphatic heterocycles. The maximum Gasteiger partial charge on any atom is 0.341 e. The number of hydrogen-bond acceptors (Lipinski definition) is 4. The average molecular weight is 293 g/mol. The van der Waals surface area contributed by atoms with Gasteiger partial charge in [-0.05, 0) is 25.0 Å². The zero-order valence-electron chi connectivity index (χ0n) is 10.5. The zero-order chi connectivity index (χ0) is 14.5. The summed E-state index contributed by atoms with van der Waals surface area (Å²) >= 11 is 0. The molecule has 1 aromatic carbocycles. The maximum absolute atomic E-state index is 12.6. The first-order chi connectivity index (χ1) is 8.93. The predicted octanol–water partition coefficient (Wildman–Crippen LogP) is 2.26. The summed E-state index contributed by atoms with van der Waals surface area (Å²) < 4.78 is 48.3. The second-order valence-electron chi connectivity index (χ2n) is 4.06.